The second-order valence-corrected chi connectivity index (χ2v) is 4.58. The first-order valence-corrected chi connectivity index (χ1v) is 5.87. The maximum absolute atomic E-state index is 9.49. The molecular formula is C14H14N2O. The number of benzene rings is 1. The van der Waals surface area contributed by atoms with Gasteiger partial charge in [-0.25, -0.2) is 9.97 Å². The molecule has 1 N–H and O–H groups in total. The standard InChI is InChI=1S/C14H14N2O/c1-9-7-13(11-3-2-4-12(17)8-11)16-14(15-9)10-5-6-10/h2-4,7-8,10,17H,5-6H2,1H3. The molecule has 1 saturated carbocycles. The van der Waals surface area contributed by atoms with Gasteiger partial charge in [0.15, 0.2) is 0 Å². The van der Waals surface area contributed by atoms with E-state index in [4.69, 9.17) is 0 Å². The van der Waals surface area contributed by atoms with Crippen molar-refractivity contribution in [2.45, 2.75) is 25.7 Å². The molecule has 1 heterocycles. The summed E-state index contributed by atoms with van der Waals surface area (Å²) in [5, 5.41) is 9.49. The van der Waals surface area contributed by atoms with Crippen LogP contribution in [0.5, 0.6) is 5.75 Å². The largest absolute Gasteiger partial charge is 0.508 e. The topological polar surface area (TPSA) is 46.0 Å². The van der Waals surface area contributed by atoms with E-state index in [0.717, 1.165) is 22.8 Å². The Labute approximate surface area is 100 Å². The van der Waals surface area contributed by atoms with Crippen LogP contribution in [-0.2, 0) is 0 Å². The Bertz CT molecular complexity index is 562. The van der Waals surface area contributed by atoms with E-state index in [0.29, 0.717) is 5.92 Å². The second kappa shape index (κ2) is 3.84. The van der Waals surface area contributed by atoms with E-state index in [9.17, 15) is 5.11 Å². The minimum Gasteiger partial charge on any atom is -0.508 e. The number of phenolic OH excluding ortho intramolecular Hbond substituents is 1. The van der Waals surface area contributed by atoms with Crippen LogP contribution in [-0.4, -0.2) is 15.1 Å². The number of aryl methyl sites for hydroxylation is 1. The molecule has 1 aliphatic carbocycles. The highest BCUT2D eigenvalue weighted by molar-refractivity contribution is 5.61. The van der Waals surface area contributed by atoms with E-state index in [1.54, 1.807) is 12.1 Å². The van der Waals surface area contributed by atoms with Crippen LogP contribution in [0.25, 0.3) is 11.3 Å². The molecule has 0 bridgehead atoms. The van der Waals surface area contributed by atoms with Crippen molar-refractivity contribution in [2.75, 3.05) is 0 Å². The summed E-state index contributed by atoms with van der Waals surface area (Å²) in [6.07, 6.45) is 2.39. The lowest BCUT2D eigenvalue weighted by atomic mass is 10.1. The third kappa shape index (κ3) is 2.13. The average molecular weight is 226 g/mol. The van der Waals surface area contributed by atoms with E-state index in [-0.39, 0.29) is 5.75 Å². The Morgan fingerprint density at radius 3 is 2.71 bits per heavy atom. The minimum atomic E-state index is 0.270. The van der Waals surface area contributed by atoms with Crippen LogP contribution in [0.3, 0.4) is 0 Å². The molecule has 3 rings (SSSR count). The quantitative estimate of drug-likeness (QED) is 0.856. The van der Waals surface area contributed by atoms with E-state index in [1.165, 1.54) is 12.8 Å². The molecule has 1 aromatic heterocycles. The van der Waals surface area contributed by atoms with Gasteiger partial charge in [-0.3, -0.25) is 0 Å². The highest BCUT2D eigenvalue weighted by Crippen LogP contribution is 2.38. The second-order valence-electron chi connectivity index (χ2n) is 4.58. The highest BCUT2D eigenvalue weighted by Gasteiger charge is 2.27. The number of rotatable bonds is 2. The molecule has 0 spiro atoms. The summed E-state index contributed by atoms with van der Waals surface area (Å²) >= 11 is 0. The fourth-order valence-corrected chi connectivity index (χ4v) is 1.93. The van der Waals surface area contributed by atoms with Crippen molar-refractivity contribution in [1.82, 2.24) is 9.97 Å². The zero-order chi connectivity index (χ0) is 11.8. The Kier molecular flexibility index (Phi) is 2.32. The number of aromatic hydroxyl groups is 1. The van der Waals surface area contributed by atoms with Gasteiger partial charge in [0.2, 0.25) is 0 Å². The molecule has 17 heavy (non-hydrogen) atoms. The fraction of sp³-hybridized carbons (Fsp3) is 0.286. The van der Waals surface area contributed by atoms with E-state index in [1.807, 2.05) is 25.1 Å². The summed E-state index contributed by atoms with van der Waals surface area (Å²) in [6.45, 7) is 1.99. The van der Waals surface area contributed by atoms with Gasteiger partial charge in [-0.1, -0.05) is 12.1 Å². The molecule has 0 unspecified atom stereocenters. The Morgan fingerprint density at radius 1 is 1.18 bits per heavy atom. The number of nitrogens with zero attached hydrogens (tertiary/aromatic N) is 2. The number of aromatic nitrogens is 2. The van der Waals surface area contributed by atoms with Crippen LogP contribution in [0.4, 0.5) is 0 Å². The van der Waals surface area contributed by atoms with Crippen molar-refractivity contribution in [3.63, 3.8) is 0 Å². The van der Waals surface area contributed by atoms with Gasteiger partial charge in [0, 0.05) is 17.2 Å². The molecular weight excluding hydrogens is 212 g/mol. The van der Waals surface area contributed by atoms with Crippen molar-refractivity contribution in [1.29, 1.82) is 0 Å². The molecule has 1 aliphatic rings. The molecule has 1 fully saturated rings. The zero-order valence-electron chi connectivity index (χ0n) is 9.72. The highest BCUT2D eigenvalue weighted by atomic mass is 16.3. The number of hydrogen-bond acceptors (Lipinski definition) is 3. The lowest BCUT2D eigenvalue weighted by Crippen LogP contribution is -1.97. The summed E-state index contributed by atoms with van der Waals surface area (Å²) in [7, 11) is 0. The van der Waals surface area contributed by atoms with Gasteiger partial charge in [0.05, 0.1) is 5.69 Å². The molecule has 3 nitrogen and oxygen atoms in total. The Morgan fingerprint density at radius 2 is 2.00 bits per heavy atom. The normalized spacial score (nSPS) is 14.9. The summed E-state index contributed by atoms with van der Waals surface area (Å²) in [5.41, 5.74) is 2.83. The lowest BCUT2D eigenvalue weighted by Gasteiger charge is -2.05. The number of phenols is 1. The van der Waals surface area contributed by atoms with Crippen molar-refractivity contribution in [3.05, 3.63) is 41.9 Å². The molecule has 0 amide bonds. The van der Waals surface area contributed by atoms with E-state index in [2.05, 4.69) is 9.97 Å². The van der Waals surface area contributed by atoms with Crippen LogP contribution in [0.15, 0.2) is 30.3 Å². The third-order valence-corrected chi connectivity index (χ3v) is 2.96. The molecule has 2 aromatic rings. The summed E-state index contributed by atoms with van der Waals surface area (Å²) in [5.74, 6) is 1.76. The molecule has 0 atom stereocenters. The molecule has 0 saturated heterocycles. The predicted octanol–water partition coefficient (Wildman–Crippen LogP) is 3.04. The average Bonchev–Trinajstić information content (AvgIpc) is 3.12. The van der Waals surface area contributed by atoms with Crippen LogP contribution >= 0.6 is 0 Å². The van der Waals surface area contributed by atoms with Crippen LogP contribution in [0.1, 0.15) is 30.3 Å². The minimum absolute atomic E-state index is 0.270. The van der Waals surface area contributed by atoms with Crippen LogP contribution in [0.2, 0.25) is 0 Å². The molecule has 0 radical (unpaired) electrons. The van der Waals surface area contributed by atoms with Gasteiger partial charge >= 0.3 is 0 Å². The zero-order valence-corrected chi connectivity index (χ0v) is 9.72. The van der Waals surface area contributed by atoms with Gasteiger partial charge in [0.25, 0.3) is 0 Å². The van der Waals surface area contributed by atoms with Crippen LogP contribution < -0.4 is 0 Å². The summed E-state index contributed by atoms with van der Waals surface area (Å²) in [6, 6.07) is 9.15. The first-order valence-electron chi connectivity index (χ1n) is 5.87. The maximum atomic E-state index is 9.49. The fourth-order valence-electron chi connectivity index (χ4n) is 1.93. The van der Waals surface area contributed by atoms with Crippen molar-refractivity contribution in [3.8, 4) is 17.0 Å². The smallest absolute Gasteiger partial charge is 0.132 e. The first kappa shape index (κ1) is 10.3. The predicted molar refractivity (Wildman–Crippen MR) is 65.8 cm³/mol. The monoisotopic (exact) mass is 226 g/mol. The summed E-state index contributed by atoms with van der Waals surface area (Å²) < 4.78 is 0. The molecule has 86 valence electrons. The molecule has 3 heteroatoms. The van der Waals surface area contributed by atoms with E-state index >= 15 is 0 Å². The molecule has 1 aromatic carbocycles. The third-order valence-electron chi connectivity index (χ3n) is 2.96. The van der Waals surface area contributed by atoms with Gasteiger partial charge in [-0.05, 0) is 38.0 Å². The summed E-state index contributed by atoms with van der Waals surface area (Å²) in [4.78, 5) is 9.05. The molecule has 0 aliphatic heterocycles. The van der Waals surface area contributed by atoms with Gasteiger partial charge in [-0.2, -0.15) is 0 Å². The first-order chi connectivity index (χ1) is 8.22. The van der Waals surface area contributed by atoms with Crippen molar-refractivity contribution in [2.24, 2.45) is 0 Å². The van der Waals surface area contributed by atoms with Crippen molar-refractivity contribution < 1.29 is 5.11 Å². The van der Waals surface area contributed by atoms with Gasteiger partial charge in [0.1, 0.15) is 11.6 Å². The van der Waals surface area contributed by atoms with Crippen LogP contribution in [0, 0.1) is 6.92 Å². The maximum Gasteiger partial charge on any atom is 0.132 e. The SMILES string of the molecule is Cc1cc(-c2cccc(O)c2)nc(C2CC2)n1. The van der Waals surface area contributed by atoms with Gasteiger partial charge in [-0.15, -0.1) is 0 Å². The Balaban J connectivity index is 2.07. The van der Waals surface area contributed by atoms with E-state index < -0.39 is 0 Å². The Hall–Kier alpha value is -1.90. The van der Waals surface area contributed by atoms with Gasteiger partial charge < -0.3 is 5.11 Å². The van der Waals surface area contributed by atoms with Crippen molar-refractivity contribution >= 4 is 0 Å². The number of hydrogen-bond donors (Lipinski definition) is 1. The lowest BCUT2D eigenvalue weighted by molar-refractivity contribution is 0.475.